The van der Waals surface area contributed by atoms with E-state index in [1.54, 1.807) is 7.11 Å². The Labute approximate surface area is 76.1 Å². The van der Waals surface area contributed by atoms with Crippen LogP contribution in [0.3, 0.4) is 0 Å². The summed E-state index contributed by atoms with van der Waals surface area (Å²) in [5.41, 5.74) is 2.83. The van der Waals surface area contributed by atoms with Gasteiger partial charge in [0.15, 0.2) is 0 Å². The van der Waals surface area contributed by atoms with E-state index in [1.807, 2.05) is 13.8 Å². The molecular weight excluding hydrogens is 148 g/mol. The second-order valence-electron chi connectivity index (χ2n) is 2.68. The van der Waals surface area contributed by atoms with Gasteiger partial charge < -0.3 is 4.74 Å². The first-order valence-electron chi connectivity index (χ1n) is 4.68. The summed E-state index contributed by atoms with van der Waals surface area (Å²) >= 11 is 0. The maximum absolute atomic E-state index is 5.04. The van der Waals surface area contributed by atoms with Crippen LogP contribution in [0.5, 0.6) is 0 Å². The molecule has 0 fully saturated rings. The van der Waals surface area contributed by atoms with Crippen molar-refractivity contribution < 1.29 is 4.74 Å². The van der Waals surface area contributed by atoms with Gasteiger partial charge in [-0.15, -0.1) is 0 Å². The van der Waals surface area contributed by atoms with Crippen LogP contribution in [0, 0.1) is 0 Å². The molecule has 1 aliphatic carbocycles. The van der Waals surface area contributed by atoms with Gasteiger partial charge in [-0.2, -0.15) is 0 Å². The lowest BCUT2D eigenvalue weighted by atomic mass is 10.00. The number of rotatable bonds is 2. The van der Waals surface area contributed by atoms with E-state index in [0.717, 1.165) is 6.61 Å². The number of hydrogen-bond acceptors (Lipinski definition) is 1. The monoisotopic (exact) mass is 168 g/mol. The van der Waals surface area contributed by atoms with Crippen LogP contribution in [-0.4, -0.2) is 13.7 Å². The molecule has 70 valence electrons. The molecule has 0 aliphatic heterocycles. The predicted octanol–water partition coefficient (Wildman–Crippen LogP) is 3.33. The van der Waals surface area contributed by atoms with Gasteiger partial charge in [0.1, 0.15) is 0 Å². The zero-order valence-corrected chi connectivity index (χ0v) is 8.68. The molecular formula is C11H20O. The van der Waals surface area contributed by atoms with Gasteiger partial charge in [0, 0.05) is 7.11 Å². The van der Waals surface area contributed by atoms with Crippen molar-refractivity contribution in [3.63, 3.8) is 0 Å². The van der Waals surface area contributed by atoms with Crippen molar-refractivity contribution in [3.05, 3.63) is 23.3 Å². The van der Waals surface area contributed by atoms with Gasteiger partial charge in [0.25, 0.3) is 0 Å². The molecule has 0 atom stereocenters. The third-order valence-electron chi connectivity index (χ3n) is 1.85. The first-order valence-corrected chi connectivity index (χ1v) is 4.68. The van der Waals surface area contributed by atoms with Gasteiger partial charge in [0.05, 0.1) is 6.61 Å². The van der Waals surface area contributed by atoms with E-state index in [0.29, 0.717) is 0 Å². The number of ether oxygens (including phenoxy) is 1. The lowest BCUT2D eigenvalue weighted by Gasteiger charge is -2.10. The smallest absolute Gasteiger partial charge is 0.0712 e. The maximum Gasteiger partial charge on any atom is 0.0712 e. The summed E-state index contributed by atoms with van der Waals surface area (Å²) in [6.45, 7) is 6.94. The highest BCUT2D eigenvalue weighted by molar-refractivity contribution is 5.28. The predicted molar refractivity (Wildman–Crippen MR) is 54.3 cm³/mol. The summed E-state index contributed by atoms with van der Waals surface area (Å²) in [6.07, 6.45) is 6.78. The zero-order chi connectivity index (χ0) is 9.40. The van der Waals surface area contributed by atoms with Crippen LogP contribution in [0.15, 0.2) is 23.3 Å². The lowest BCUT2D eigenvalue weighted by molar-refractivity contribution is 0.227. The third kappa shape index (κ3) is 3.72. The molecule has 0 saturated carbocycles. The van der Waals surface area contributed by atoms with E-state index in [4.69, 9.17) is 4.74 Å². The number of allylic oxidation sites excluding steroid dienone is 2. The Morgan fingerprint density at radius 1 is 1.42 bits per heavy atom. The zero-order valence-electron chi connectivity index (χ0n) is 8.68. The van der Waals surface area contributed by atoms with Crippen molar-refractivity contribution in [2.45, 2.75) is 33.6 Å². The van der Waals surface area contributed by atoms with Crippen LogP contribution in [0.25, 0.3) is 0 Å². The van der Waals surface area contributed by atoms with E-state index in [9.17, 15) is 0 Å². The Morgan fingerprint density at radius 2 is 2.08 bits per heavy atom. The van der Waals surface area contributed by atoms with Crippen molar-refractivity contribution in [2.75, 3.05) is 13.7 Å². The molecule has 0 amide bonds. The second kappa shape index (κ2) is 7.11. The Kier molecular flexibility index (Phi) is 6.78. The largest absolute Gasteiger partial charge is 0.380 e. The van der Waals surface area contributed by atoms with Crippen LogP contribution in [-0.2, 0) is 4.74 Å². The third-order valence-corrected chi connectivity index (χ3v) is 1.85. The summed E-state index contributed by atoms with van der Waals surface area (Å²) in [7, 11) is 1.74. The van der Waals surface area contributed by atoms with Crippen LogP contribution in [0.1, 0.15) is 33.6 Å². The molecule has 1 rings (SSSR count). The molecule has 12 heavy (non-hydrogen) atoms. The average molecular weight is 168 g/mol. The lowest BCUT2D eigenvalue weighted by Crippen LogP contribution is -1.98. The first-order chi connectivity index (χ1) is 5.84. The van der Waals surface area contributed by atoms with Gasteiger partial charge in [0.2, 0.25) is 0 Å². The average Bonchev–Trinajstić information content (AvgIpc) is 2.13. The van der Waals surface area contributed by atoms with E-state index < -0.39 is 0 Å². The van der Waals surface area contributed by atoms with Crippen molar-refractivity contribution in [1.82, 2.24) is 0 Å². The fourth-order valence-corrected chi connectivity index (χ4v) is 1.16. The Morgan fingerprint density at radius 3 is 2.58 bits per heavy atom. The van der Waals surface area contributed by atoms with Crippen LogP contribution in [0.2, 0.25) is 0 Å². The molecule has 0 radical (unpaired) electrons. The first kappa shape index (κ1) is 11.4. The molecule has 0 bridgehead atoms. The van der Waals surface area contributed by atoms with Gasteiger partial charge in [-0.25, -0.2) is 0 Å². The van der Waals surface area contributed by atoms with Crippen LogP contribution >= 0.6 is 0 Å². The van der Waals surface area contributed by atoms with E-state index >= 15 is 0 Å². The molecule has 0 saturated heterocycles. The Bertz CT molecular complexity index is 166. The van der Waals surface area contributed by atoms with Gasteiger partial charge >= 0.3 is 0 Å². The molecule has 1 nitrogen and oxygen atoms in total. The Balaban J connectivity index is 0.000000561. The second-order valence-corrected chi connectivity index (χ2v) is 2.68. The quantitative estimate of drug-likeness (QED) is 0.614. The SMILES string of the molecule is CC.COCC1=C(C)CCC=C1. The minimum atomic E-state index is 0.766. The summed E-state index contributed by atoms with van der Waals surface area (Å²) in [6, 6.07) is 0. The van der Waals surface area contributed by atoms with Crippen LogP contribution < -0.4 is 0 Å². The van der Waals surface area contributed by atoms with Crippen molar-refractivity contribution in [2.24, 2.45) is 0 Å². The summed E-state index contributed by atoms with van der Waals surface area (Å²) in [5, 5.41) is 0. The highest BCUT2D eigenvalue weighted by Gasteiger charge is 2.01. The molecule has 0 spiro atoms. The number of hydrogen-bond donors (Lipinski definition) is 0. The molecule has 0 aromatic heterocycles. The molecule has 0 aromatic rings. The van der Waals surface area contributed by atoms with Crippen molar-refractivity contribution >= 4 is 0 Å². The molecule has 0 N–H and O–H groups in total. The fourth-order valence-electron chi connectivity index (χ4n) is 1.16. The van der Waals surface area contributed by atoms with Gasteiger partial charge in [-0.1, -0.05) is 31.6 Å². The van der Waals surface area contributed by atoms with Crippen molar-refractivity contribution in [1.29, 1.82) is 0 Å². The Hall–Kier alpha value is -0.560. The minimum absolute atomic E-state index is 0.766. The van der Waals surface area contributed by atoms with Gasteiger partial charge in [-0.3, -0.25) is 0 Å². The molecule has 1 heteroatoms. The minimum Gasteiger partial charge on any atom is -0.380 e. The summed E-state index contributed by atoms with van der Waals surface area (Å²) in [5.74, 6) is 0. The van der Waals surface area contributed by atoms with Crippen LogP contribution in [0.4, 0.5) is 0 Å². The summed E-state index contributed by atoms with van der Waals surface area (Å²) < 4.78 is 5.04. The summed E-state index contributed by atoms with van der Waals surface area (Å²) in [4.78, 5) is 0. The van der Waals surface area contributed by atoms with Gasteiger partial charge in [-0.05, 0) is 25.3 Å². The molecule has 1 aliphatic rings. The van der Waals surface area contributed by atoms with E-state index in [1.165, 1.54) is 24.0 Å². The highest BCUT2D eigenvalue weighted by Crippen LogP contribution is 2.17. The maximum atomic E-state index is 5.04. The molecule has 0 unspecified atom stereocenters. The number of methoxy groups -OCH3 is 1. The highest BCUT2D eigenvalue weighted by atomic mass is 16.5. The molecule has 0 heterocycles. The molecule has 0 aromatic carbocycles. The standard InChI is InChI=1S/C9H14O.C2H6/c1-8-5-3-4-6-9(8)7-10-2;1-2/h4,6H,3,5,7H2,1-2H3;1-2H3. The normalized spacial score (nSPS) is 15.7. The van der Waals surface area contributed by atoms with Crippen molar-refractivity contribution in [3.8, 4) is 0 Å². The van der Waals surface area contributed by atoms with E-state index in [2.05, 4.69) is 19.1 Å². The fraction of sp³-hybridized carbons (Fsp3) is 0.636. The van der Waals surface area contributed by atoms with E-state index in [-0.39, 0.29) is 0 Å². The topological polar surface area (TPSA) is 9.23 Å².